The summed E-state index contributed by atoms with van der Waals surface area (Å²) in [5, 5.41) is 0.371. The van der Waals surface area contributed by atoms with Crippen LogP contribution in [0.2, 0.25) is 5.02 Å². The molecule has 0 unspecified atom stereocenters. The average molecular weight is 511 g/mol. The van der Waals surface area contributed by atoms with Crippen LogP contribution < -0.4 is 4.74 Å². The Bertz CT molecular complexity index is 951. The number of halogens is 1. The molecule has 0 saturated heterocycles. The van der Waals surface area contributed by atoms with Crippen molar-refractivity contribution in [1.29, 1.82) is 0 Å². The van der Waals surface area contributed by atoms with Crippen LogP contribution in [0.25, 0.3) is 0 Å². The molecule has 0 atom stereocenters. The minimum atomic E-state index is -0.570. The second-order valence-electron chi connectivity index (χ2n) is 7.79. The third-order valence-corrected chi connectivity index (χ3v) is 5.01. The van der Waals surface area contributed by atoms with Crippen LogP contribution in [0.4, 0.5) is 0 Å². The molecule has 0 aliphatic carbocycles. The molecule has 1 rings (SSSR count). The van der Waals surface area contributed by atoms with Crippen LogP contribution in [0.1, 0.15) is 75.6 Å². The van der Waals surface area contributed by atoms with E-state index in [9.17, 15) is 9.59 Å². The van der Waals surface area contributed by atoms with Crippen molar-refractivity contribution in [2.24, 2.45) is 0 Å². The van der Waals surface area contributed by atoms with Gasteiger partial charge in [0.2, 0.25) is 0 Å². The lowest BCUT2D eigenvalue weighted by Gasteiger charge is -2.09. The second kappa shape index (κ2) is 21.2. The monoisotopic (exact) mass is 510 g/mol. The van der Waals surface area contributed by atoms with Gasteiger partial charge < -0.3 is 9.47 Å². The van der Waals surface area contributed by atoms with Gasteiger partial charge in [-0.25, -0.2) is 4.79 Å². The molecule has 194 valence electrons. The fourth-order valence-corrected chi connectivity index (χ4v) is 3.15. The molecule has 0 aliphatic rings. The molecule has 0 bridgehead atoms. The Hall–Kier alpha value is -3.11. The predicted molar refractivity (Wildman–Crippen MR) is 150 cm³/mol. The summed E-state index contributed by atoms with van der Waals surface area (Å²) in [7, 11) is 0. The van der Waals surface area contributed by atoms with Gasteiger partial charge in [-0.05, 0) is 70.1 Å². The number of carbonyl (C=O) groups excluding carboxylic acids is 2. The van der Waals surface area contributed by atoms with Gasteiger partial charge >= 0.3 is 11.9 Å². The normalized spacial score (nSPS) is 12.3. The fraction of sp³-hybridized carbons (Fsp3) is 0.355. The van der Waals surface area contributed by atoms with Gasteiger partial charge in [0.1, 0.15) is 11.3 Å². The zero-order chi connectivity index (χ0) is 26.3. The smallest absolute Gasteiger partial charge is 0.341 e. The number of carbonyl (C=O) groups is 2. The summed E-state index contributed by atoms with van der Waals surface area (Å²) >= 11 is 5.95. The van der Waals surface area contributed by atoms with Crippen molar-refractivity contribution in [3.63, 3.8) is 0 Å². The van der Waals surface area contributed by atoms with Crippen LogP contribution in [-0.4, -0.2) is 18.5 Å². The molecule has 1 aromatic rings. The Balaban J connectivity index is 2.19. The Morgan fingerprint density at radius 1 is 0.750 bits per heavy atom. The predicted octanol–water partition coefficient (Wildman–Crippen LogP) is 8.90. The summed E-state index contributed by atoms with van der Waals surface area (Å²) in [5.74, 6) is -0.826. The fourth-order valence-electron chi connectivity index (χ4n) is 2.97. The van der Waals surface area contributed by atoms with Crippen LogP contribution in [0.15, 0.2) is 91.1 Å². The van der Waals surface area contributed by atoms with Crippen LogP contribution in [0, 0.1) is 0 Å². The van der Waals surface area contributed by atoms with E-state index in [-0.39, 0.29) is 24.3 Å². The van der Waals surface area contributed by atoms with Crippen molar-refractivity contribution >= 4 is 23.5 Å². The molecular weight excluding hydrogens is 472 g/mol. The van der Waals surface area contributed by atoms with Gasteiger partial charge in [-0.15, -0.1) is 0 Å². The maximum atomic E-state index is 12.1. The van der Waals surface area contributed by atoms with E-state index in [1.165, 1.54) is 12.1 Å². The number of ether oxygens (including phenoxy) is 2. The molecule has 0 spiro atoms. The maximum absolute atomic E-state index is 12.1. The lowest BCUT2D eigenvalue weighted by molar-refractivity contribution is -0.134. The molecule has 0 saturated carbocycles. The largest absolute Gasteiger partial charge is 0.462 e. The number of hydrogen-bond acceptors (Lipinski definition) is 4. The van der Waals surface area contributed by atoms with Crippen molar-refractivity contribution in [1.82, 2.24) is 0 Å². The van der Waals surface area contributed by atoms with Gasteiger partial charge in [0.25, 0.3) is 0 Å². The SMILES string of the molecule is CCC=CCC=CCC=CCC=CCC=CCC=CCCC(=O)Oc1ccc(Cl)cc1C(=O)OCC. The highest BCUT2D eigenvalue weighted by Gasteiger charge is 2.16. The average Bonchev–Trinajstić information content (AvgIpc) is 2.86. The van der Waals surface area contributed by atoms with E-state index in [2.05, 4.69) is 67.7 Å². The van der Waals surface area contributed by atoms with Gasteiger partial charge in [-0.3, -0.25) is 4.79 Å². The third kappa shape index (κ3) is 15.7. The van der Waals surface area contributed by atoms with Crippen molar-refractivity contribution < 1.29 is 19.1 Å². The van der Waals surface area contributed by atoms with Crippen molar-refractivity contribution in [3.05, 3.63) is 102 Å². The van der Waals surface area contributed by atoms with Gasteiger partial charge in [0.15, 0.2) is 0 Å². The molecule has 0 aromatic heterocycles. The van der Waals surface area contributed by atoms with E-state index in [1.807, 2.05) is 12.2 Å². The van der Waals surface area contributed by atoms with Crippen molar-refractivity contribution in [2.75, 3.05) is 6.61 Å². The summed E-state index contributed by atoms with van der Waals surface area (Å²) in [6.07, 6.45) is 32.2. The first kappa shape index (κ1) is 30.9. The molecule has 4 nitrogen and oxygen atoms in total. The molecule has 0 radical (unpaired) electrons. The van der Waals surface area contributed by atoms with Gasteiger partial charge in [0, 0.05) is 11.4 Å². The van der Waals surface area contributed by atoms with E-state index in [1.54, 1.807) is 13.0 Å². The summed E-state index contributed by atoms with van der Waals surface area (Å²) in [6, 6.07) is 4.51. The summed E-state index contributed by atoms with van der Waals surface area (Å²) in [4.78, 5) is 24.2. The molecule has 0 fully saturated rings. The summed E-state index contributed by atoms with van der Waals surface area (Å²) < 4.78 is 10.3. The standard InChI is InChI=1S/C31H39ClO4/c1-3-5-6-7-8-9-10-11-12-13-14-15-16-17-18-19-20-21-22-23-30(33)36-29-25-24-27(32)26-28(29)31(34)35-4-2/h5-6,8-9,11-12,14-15,17-18,20-21,24-26H,3-4,7,10,13,16,19,22-23H2,1-2H3. The van der Waals surface area contributed by atoms with Crippen LogP contribution >= 0.6 is 11.6 Å². The topological polar surface area (TPSA) is 52.6 Å². The van der Waals surface area contributed by atoms with Crippen LogP contribution in [0.3, 0.4) is 0 Å². The zero-order valence-corrected chi connectivity index (χ0v) is 22.3. The first-order valence-electron chi connectivity index (χ1n) is 12.7. The van der Waals surface area contributed by atoms with Gasteiger partial charge in [0.05, 0.1) is 6.61 Å². The minimum absolute atomic E-state index is 0.145. The molecule has 0 N–H and O–H groups in total. The highest BCUT2D eigenvalue weighted by molar-refractivity contribution is 6.31. The first-order chi connectivity index (χ1) is 17.6. The van der Waals surface area contributed by atoms with Crippen LogP contribution in [0.5, 0.6) is 5.75 Å². The third-order valence-electron chi connectivity index (χ3n) is 4.77. The molecule has 0 heterocycles. The molecular formula is C31H39ClO4. The highest BCUT2D eigenvalue weighted by Crippen LogP contribution is 2.24. The number of benzene rings is 1. The van der Waals surface area contributed by atoms with Crippen LogP contribution in [-0.2, 0) is 9.53 Å². The van der Waals surface area contributed by atoms with Gasteiger partial charge in [-0.2, -0.15) is 0 Å². The minimum Gasteiger partial charge on any atom is -0.462 e. The molecule has 5 heteroatoms. The quantitative estimate of drug-likeness (QED) is 0.119. The van der Waals surface area contributed by atoms with E-state index >= 15 is 0 Å². The number of hydrogen-bond donors (Lipinski definition) is 0. The van der Waals surface area contributed by atoms with E-state index in [0.717, 1.165) is 38.5 Å². The second-order valence-corrected chi connectivity index (χ2v) is 8.23. The molecule has 1 aromatic carbocycles. The first-order valence-corrected chi connectivity index (χ1v) is 13.0. The molecule has 0 aliphatic heterocycles. The van der Waals surface area contributed by atoms with Gasteiger partial charge in [-0.1, -0.05) is 91.4 Å². The lowest BCUT2D eigenvalue weighted by Crippen LogP contribution is -2.12. The number of allylic oxidation sites excluding steroid dienone is 12. The van der Waals surface area contributed by atoms with E-state index in [4.69, 9.17) is 21.1 Å². The Morgan fingerprint density at radius 2 is 1.25 bits per heavy atom. The Morgan fingerprint density at radius 3 is 1.75 bits per heavy atom. The van der Waals surface area contributed by atoms with Crippen molar-refractivity contribution in [3.8, 4) is 5.75 Å². The maximum Gasteiger partial charge on any atom is 0.341 e. The molecule has 36 heavy (non-hydrogen) atoms. The van der Waals surface area contributed by atoms with Crippen molar-refractivity contribution in [2.45, 2.75) is 65.2 Å². The molecule has 0 amide bonds. The Kier molecular flexibility index (Phi) is 18.2. The number of rotatable bonds is 17. The zero-order valence-electron chi connectivity index (χ0n) is 21.5. The lowest BCUT2D eigenvalue weighted by atomic mass is 10.2. The van der Waals surface area contributed by atoms with E-state index in [0.29, 0.717) is 11.4 Å². The summed E-state index contributed by atoms with van der Waals surface area (Å²) in [5.41, 5.74) is 0.145. The number of esters is 2. The summed E-state index contributed by atoms with van der Waals surface area (Å²) in [6.45, 7) is 4.08. The van der Waals surface area contributed by atoms with E-state index < -0.39 is 11.9 Å². The highest BCUT2D eigenvalue weighted by atomic mass is 35.5. The Labute approximate surface area is 221 Å².